The second-order valence-electron chi connectivity index (χ2n) is 5.53. The summed E-state index contributed by atoms with van der Waals surface area (Å²) < 4.78 is 54.8. The van der Waals surface area contributed by atoms with Gasteiger partial charge in [-0.15, -0.1) is 0 Å². The van der Waals surface area contributed by atoms with Gasteiger partial charge in [-0.1, -0.05) is 11.6 Å². The molecule has 0 aliphatic carbocycles. The van der Waals surface area contributed by atoms with E-state index < -0.39 is 57.1 Å². The molecule has 1 aromatic rings. The normalized spacial score (nSPS) is 16.0. The molecule has 1 aromatic carbocycles. The van der Waals surface area contributed by atoms with E-state index in [2.05, 4.69) is 5.32 Å². The average molecular weight is 392 g/mol. The molecule has 140 valence electrons. The number of rotatable bonds is 3. The van der Waals surface area contributed by atoms with E-state index in [4.69, 9.17) is 11.6 Å². The fourth-order valence-corrected chi connectivity index (χ4v) is 3.23. The summed E-state index contributed by atoms with van der Waals surface area (Å²) in [5, 5.41) is 24.5. The van der Waals surface area contributed by atoms with Gasteiger partial charge < -0.3 is 25.1 Å². The maximum atomic E-state index is 14.4. The topological polar surface area (TPSA) is 92.3 Å². The lowest BCUT2D eigenvalue weighted by molar-refractivity contribution is -0.300. The van der Waals surface area contributed by atoms with Gasteiger partial charge in [0.1, 0.15) is 5.82 Å². The third kappa shape index (κ3) is 3.26. The molecule has 1 aliphatic heterocycles. The molecule has 1 heterocycles. The summed E-state index contributed by atoms with van der Waals surface area (Å²) >= 11 is 5.57. The van der Waals surface area contributed by atoms with Crippen molar-refractivity contribution in [3.63, 3.8) is 0 Å². The zero-order chi connectivity index (χ0) is 20.0. The van der Waals surface area contributed by atoms with Crippen LogP contribution in [0.1, 0.15) is 30.9 Å². The molecule has 0 fully saturated rings. The molecule has 0 aromatic heterocycles. The number of carbonyl (C=O) groups excluding carboxylic acids is 2. The van der Waals surface area contributed by atoms with Crippen molar-refractivity contribution >= 4 is 23.5 Å². The van der Waals surface area contributed by atoms with Gasteiger partial charge in [-0.25, -0.2) is 4.39 Å². The zero-order valence-corrected chi connectivity index (χ0v) is 14.0. The highest BCUT2D eigenvalue weighted by Gasteiger charge is 2.43. The lowest BCUT2D eigenvalue weighted by Gasteiger charge is -2.35. The first-order valence-electron chi connectivity index (χ1n) is 7.04. The van der Waals surface area contributed by atoms with E-state index in [1.54, 1.807) is 0 Å². The van der Waals surface area contributed by atoms with Gasteiger partial charge in [0.05, 0.1) is 22.5 Å². The summed E-state index contributed by atoms with van der Waals surface area (Å²) in [5.74, 6) is -7.51. The lowest BCUT2D eigenvalue weighted by atomic mass is 9.78. The molecule has 5 nitrogen and oxygen atoms in total. The molecule has 0 unspecified atom stereocenters. The number of aliphatic carboxylic acids is 2. The Morgan fingerprint density at radius 2 is 1.54 bits per heavy atom. The van der Waals surface area contributed by atoms with Crippen LogP contribution in [0.4, 0.5) is 17.6 Å². The van der Waals surface area contributed by atoms with Crippen LogP contribution in [0.3, 0.4) is 0 Å². The van der Waals surface area contributed by atoms with Gasteiger partial charge >= 0.3 is 6.18 Å². The summed E-state index contributed by atoms with van der Waals surface area (Å²) in [6.45, 7) is 2.37. The highest BCUT2D eigenvalue weighted by Crippen LogP contribution is 2.46. The fourth-order valence-electron chi connectivity index (χ4n) is 2.96. The van der Waals surface area contributed by atoms with E-state index in [9.17, 15) is 37.4 Å². The molecule has 0 radical (unpaired) electrons. The Hall–Kier alpha value is -2.55. The Morgan fingerprint density at radius 3 is 1.92 bits per heavy atom. The zero-order valence-electron chi connectivity index (χ0n) is 13.3. The van der Waals surface area contributed by atoms with Crippen molar-refractivity contribution in [3.8, 4) is 0 Å². The first-order valence-corrected chi connectivity index (χ1v) is 7.42. The summed E-state index contributed by atoms with van der Waals surface area (Å²) in [7, 11) is 0. The number of carboxylic acid groups (broad SMARTS) is 2. The predicted molar refractivity (Wildman–Crippen MR) is 77.7 cm³/mol. The van der Waals surface area contributed by atoms with Gasteiger partial charge in [0.25, 0.3) is 0 Å². The minimum absolute atomic E-state index is 0.190. The number of alkyl halides is 3. The Balaban J connectivity index is 2.98. The first kappa shape index (κ1) is 19.8. The minimum Gasteiger partial charge on any atom is -0.545 e. The third-order valence-electron chi connectivity index (χ3n) is 3.91. The number of allylic oxidation sites excluding steroid dienone is 2. The number of hydrogen-bond donors (Lipinski definition) is 1. The second-order valence-corrected chi connectivity index (χ2v) is 5.93. The Labute approximate surface area is 149 Å². The molecule has 10 heteroatoms. The monoisotopic (exact) mass is 391 g/mol. The van der Waals surface area contributed by atoms with Crippen molar-refractivity contribution in [3.05, 3.63) is 56.6 Å². The SMILES string of the molecule is CC1=C(C(=O)[O-])C(c2c(F)ccc(Cl)c2C(F)(F)F)C(C(=O)[O-])=C(C)N1. The summed E-state index contributed by atoms with van der Waals surface area (Å²) in [5.41, 5.74) is -4.98. The highest BCUT2D eigenvalue weighted by molar-refractivity contribution is 6.31. The van der Waals surface area contributed by atoms with Gasteiger partial charge in [-0.05, 0) is 26.0 Å². The quantitative estimate of drug-likeness (QED) is 0.782. The standard InChI is InChI=1S/C16H12ClF4NO4/c1-5-9(14(23)24)12(10(15(25)26)6(2)22-5)11-8(18)4-3-7(17)13(11)16(19,20)21/h3-4,12,22H,1-2H3,(H,23,24)(H,25,26)/p-2. The van der Waals surface area contributed by atoms with Gasteiger partial charge in [-0.2, -0.15) is 13.2 Å². The van der Waals surface area contributed by atoms with Crippen molar-refractivity contribution in [1.82, 2.24) is 5.32 Å². The third-order valence-corrected chi connectivity index (χ3v) is 4.23. The van der Waals surface area contributed by atoms with Gasteiger partial charge in [-0.3, -0.25) is 0 Å². The largest absolute Gasteiger partial charge is 0.545 e. The van der Waals surface area contributed by atoms with Crippen LogP contribution < -0.4 is 15.5 Å². The van der Waals surface area contributed by atoms with Crippen molar-refractivity contribution in [1.29, 1.82) is 0 Å². The van der Waals surface area contributed by atoms with Crippen LogP contribution in [0.5, 0.6) is 0 Å². The molecule has 1 N–H and O–H groups in total. The number of carboxylic acids is 2. The Kier molecular flexibility index (Phi) is 5.05. The predicted octanol–water partition coefficient (Wildman–Crippen LogP) is 1.23. The van der Waals surface area contributed by atoms with Crippen LogP contribution in [0.2, 0.25) is 5.02 Å². The maximum absolute atomic E-state index is 14.4. The molecule has 1 aliphatic rings. The highest BCUT2D eigenvalue weighted by atomic mass is 35.5. The molecule has 0 saturated heterocycles. The molecule has 0 bridgehead atoms. The van der Waals surface area contributed by atoms with Crippen LogP contribution in [-0.2, 0) is 15.8 Å². The number of carbonyl (C=O) groups is 2. The number of dihydropyridines is 1. The van der Waals surface area contributed by atoms with Crippen molar-refractivity contribution in [2.75, 3.05) is 0 Å². The summed E-state index contributed by atoms with van der Waals surface area (Å²) in [6, 6.07) is 1.24. The summed E-state index contributed by atoms with van der Waals surface area (Å²) in [6.07, 6.45) is -5.17. The fraction of sp³-hybridized carbons (Fsp3) is 0.250. The van der Waals surface area contributed by atoms with Crippen molar-refractivity contribution in [2.45, 2.75) is 25.9 Å². The summed E-state index contributed by atoms with van der Waals surface area (Å²) in [4.78, 5) is 23.0. The molecule has 26 heavy (non-hydrogen) atoms. The molecule has 0 amide bonds. The number of benzene rings is 1. The van der Waals surface area contributed by atoms with Gasteiger partial charge in [0.15, 0.2) is 0 Å². The van der Waals surface area contributed by atoms with E-state index in [1.807, 2.05) is 0 Å². The van der Waals surface area contributed by atoms with Crippen molar-refractivity contribution in [2.24, 2.45) is 0 Å². The van der Waals surface area contributed by atoms with E-state index in [1.165, 1.54) is 13.8 Å². The van der Waals surface area contributed by atoms with Crippen LogP contribution in [0.25, 0.3) is 0 Å². The molecule has 0 atom stereocenters. The number of halogens is 5. The Morgan fingerprint density at radius 1 is 1.08 bits per heavy atom. The number of hydrogen-bond acceptors (Lipinski definition) is 5. The lowest BCUT2D eigenvalue weighted by Crippen LogP contribution is -2.40. The Bertz CT molecular complexity index is 838. The average Bonchev–Trinajstić information content (AvgIpc) is 2.46. The van der Waals surface area contributed by atoms with Crippen LogP contribution in [-0.4, -0.2) is 11.9 Å². The minimum atomic E-state index is -5.17. The molecule has 0 spiro atoms. The van der Waals surface area contributed by atoms with E-state index in [0.717, 1.165) is 0 Å². The van der Waals surface area contributed by atoms with Crippen LogP contribution in [0, 0.1) is 5.82 Å². The maximum Gasteiger partial charge on any atom is 0.418 e. The molecular weight excluding hydrogens is 382 g/mol. The van der Waals surface area contributed by atoms with Gasteiger partial charge in [0.2, 0.25) is 0 Å². The first-order chi connectivity index (χ1) is 11.9. The van der Waals surface area contributed by atoms with Crippen LogP contribution >= 0.6 is 11.6 Å². The smallest absolute Gasteiger partial charge is 0.418 e. The molecular formula is C16H10ClF4NO4-2. The molecule has 0 saturated carbocycles. The van der Waals surface area contributed by atoms with Crippen molar-refractivity contribution < 1.29 is 37.4 Å². The number of nitrogens with one attached hydrogen (secondary N) is 1. The van der Waals surface area contributed by atoms with Gasteiger partial charge in [0, 0.05) is 34.0 Å². The van der Waals surface area contributed by atoms with E-state index in [0.29, 0.717) is 12.1 Å². The van der Waals surface area contributed by atoms with Crippen LogP contribution in [0.15, 0.2) is 34.7 Å². The second kappa shape index (κ2) is 6.64. The molecule has 2 rings (SSSR count). The van der Waals surface area contributed by atoms with E-state index in [-0.39, 0.29) is 11.4 Å². The van der Waals surface area contributed by atoms with E-state index >= 15 is 0 Å².